The maximum absolute atomic E-state index is 14.7. The molecule has 0 amide bonds. The largest absolute Gasteiger partial charge is 0.756 e. The molecule has 6 aromatic carbocycles. The standard InChI is InChI=1S/C64H62Cl2FN6O11PS/c1-41-54(42(2)58(66)59(57(41)65)79-34-31-72-29-32-73(3,33-30-72)40-83-85(75,76)82-37-43-13-7-6-8-14-43)55-56-62(69-39-70-63(56)86-60(55)45-21-23-47(67)24-22-45)84-53(64(74)81-36-44-19-25-49(77-4)26-20-44)35-46-15-9-11-17-51(46)80-38-48-27-28-68-61(71-48)50-16-10-12-18-52(50)78-5/h6-28,39,53H,29-38,40H2,1-5H3/t53-/m1/s1. The lowest BCUT2D eigenvalue weighted by molar-refractivity contribution is -0.929. The van der Waals surface area contributed by atoms with E-state index in [1.54, 1.807) is 62.9 Å². The molecule has 0 N–H and O–H groups in total. The molecule has 4 heterocycles. The van der Waals surface area contributed by atoms with Crippen molar-refractivity contribution in [1.29, 1.82) is 0 Å². The van der Waals surface area contributed by atoms with Gasteiger partial charge in [0.2, 0.25) is 12.0 Å². The van der Waals surface area contributed by atoms with Gasteiger partial charge in [0.25, 0.3) is 7.82 Å². The average molecular weight is 1240 g/mol. The summed E-state index contributed by atoms with van der Waals surface area (Å²) < 4.78 is 74.9. The van der Waals surface area contributed by atoms with Crippen LogP contribution in [0.2, 0.25) is 10.0 Å². The molecule has 1 unspecified atom stereocenters. The smallest absolute Gasteiger partial charge is 0.348 e. The van der Waals surface area contributed by atoms with Crippen LogP contribution >= 0.6 is 42.4 Å². The van der Waals surface area contributed by atoms with Gasteiger partial charge in [0.15, 0.2) is 18.3 Å². The van der Waals surface area contributed by atoms with Gasteiger partial charge in [-0.25, -0.2) is 29.1 Å². The molecule has 10 rings (SSSR count). The van der Waals surface area contributed by atoms with Crippen LogP contribution in [-0.2, 0) is 49.4 Å². The molecule has 446 valence electrons. The zero-order chi connectivity index (χ0) is 60.4. The summed E-state index contributed by atoms with van der Waals surface area (Å²) in [4.78, 5) is 49.5. The fourth-order valence-corrected chi connectivity index (χ4v) is 12.4. The van der Waals surface area contributed by atoms with Crippen LogP contribution in [0.5, 0.6) is 28.9 Å². The van der Waals surface area contributed by atoms with E-state index in [1.165, 1.54) is 29.8 Å². The zero-order valence-corrected chi connectivity index (χ0v) is 51.1. The third-order valence-electron chi connectivity index (χ3n) is 14.8. The number of ether oxygens (including phenoxy) is 6. The van der Waals surface area contributed by atoms with Gasteiger partial charge in [-0.2, -0.15) is 0 Å². The summed E-state index contributed by atoms with van der Waals surface area (Å²) in [5.74, 6) is 1.49. The number of hydrogen-bond acceptors (Lipinski definition) is 17. The lowest BCUT2D eigenvalue weighted by Gasteiger charge is -2.42. The van der Waals surface area contributed by atoms with Crippen LogP contribution in [0.3, 0.4) is 0 Å². The molecule has 0 saturated carbocycles. The number of para-hydroxylation sites is 2. The van der Waals surface area contributed by atoms with Crippen LogP contribution < -0.4 is 28.6 Å². The lowest BCUT2D eigenvalue weighted by atomic mass is 9.92. The first kappa shape index (κ1) is 61.5. The number of carbonyl (C=O) groups excluding carboxylic acids is 1. The topological polar surface area (TPSA) is 186 Å². The second-order valence-electron chi connectivity index (χ2n) is 20.7. The molecule has 0 aliphatic carbocycles. The molecule has 0 bridgehead atoms. The van der Waals surface area contributed by atoms with Gasteiger partial charge < -0.3 is 42.3 Å². The minimum Gasteiger partial charge on any atom is -0.756 e. The van der Waals surface area contributed by atoms with E-state index in [0.29, 0.717) is 120 Å². The number of benzene rings is 6. The van der Waals surface area contributed by atoms with Gasteiger partial charge in [-0.3, -0.25) is 14.0 Å². The number of hydrogen-bond donors (Lipinski definition) is 0. The summed E-state index contributed by atoms with van der Waals surface area (Å²) >= 11 is 16.0. The van der Waals surface area contributed by atoms with Crippen molar-refractivity contribution in [1.82, 2.24) is 24.8 Å². The number of methoxy groups -OCH3 is 2. The Morgan fingerprint density at radius 2 is 1.45 bits per heavy atom. The van der Waals surface area contributed by atoms with Crippen molar-refractivity contribution in [3.8, 4) is 61.8 Å². The highest BCUT2D eigenvalue weighted by Gasteiger charge is 2.33. The molecular weight excluding hydrogens is 1180 g/mol. The Bertz CT molecular complexity index is 3850. The van der Waals surface area contributed by atoms with Gasteiger partial charge in [0.05, 0.1) is 67.7 Å². The molecule has 22 heteroatoms. The highest BCUT2D eigenvalue weighted by molar-refractivity contribution is 7.45. The summed E-state index contributed by atoms with van der Waals surface area (Å²) in [5.41, 5.74) is 6.55. The third-order valence-corrected chi connectivity index (χ3v) is 17.7. The Balaban J connectivity index is 0.917. The van der Waals surface area contributed by atoms with Crippen LogP contribution in [-0.4, -0.2) is 109 Å². The van der Waals surface area contributed by atoms with E-state index in [2.05, 4.69) is 9.88 Å². The maximum atomic E-state index is 14.7. The Labute approximate surface area is 512 Å². The number of phosphoric ester groups is 1. The molecule has 9 aromatic rings. The number of halogens is 3. The number of nitrogens with zero attached hydrogens (tertiary/aromatic N) is 6. The van der Waals surface area contributed by atoms with Crippen LogP contribution in [0, 0.1) is 19.7 Å². The lowest BCUT2D eigenvalue weighted by Crippen LogP contribution is -2.58. The normalized spacial score (nSPS) is 14.3. The highest BCUT2D eigenvalue weighted by atomic mass is 35.5. The first-order valence-corrected chi connectivity index (χ1v) is 30.6. The second kappa shape index (κ2) is 27.9. The first-order chi connectivity index (χ1) is 41.6. The predicted molar refractivity (Wildman–Crippen MR) is 326 cm³/mol. The SMILES string of the molecule is COc1ccc(COC(=O)[C@@H](Cc2ccccc2OCc2ccnc(-c3ccccc3OC)n2)Oc2ncnc3sc(-c4ccc(F)cc4)c(-c4c(C)c(Cl)c(OCCN5CC[N+](C)(COP(=O)([O-])OCc6ccccc6)CC5)c(Cl)c4C)c23)cc1. The van der Waals surface area contributed by atoms with Crippen molar-refractivity contribution in [2.24, 2.45) is 0 Å². The van der Waals surface area contributed by atoms with E-state index in [9.17, 15) is 18.6 Å². The second-order valence-corrected chi connectivity index (χ2v) is 23.9. The highest BCUT2D eigenvalue weighted by Crippen LogP contribution is 2.53. The monoisotopic (exact) mass is 1240 g/mol. The van der Waals surface area contributed by atoms with Gasteiger partial charge in [-0.15, -0.1) is 11.3 Å². The first-order valence-electron chi connectivity index (χ1n) is 27.6. The molecule has 0 radical (unpaired) electrons. The third kappa shape index (κ3) is 14.8. The van der Waals surface area contributed by atoms with Gasteiger partial charge in [-0.05, 0) is 101 Å². The van der Waals surface area contributed by atoms with Crippen molar-refractivity contribution in [3.63, 3.8) is 0 Å². The minimum atomic E-state index is -4.54. The Kier molecular flexibility index (Phi) is 19.9. The van der Waals surface area contributed by atoms with Crippen LogP contribution in [0.15, 0.2) is 146 Å². The summed E-state index contributed by atoms with van der Waals surface area (Å²) in [6.45, 7) is 6.89. The minimum absolute atomic E-state index is 0.0225. The van der Waals surface area contributed by atoms with E-state index in [-0.39, 0.29) is 55.5 Å². The summed E-state index contributed by atoms with van der Waals surface area (Å²) in [6, 6.07) is 38.9. The number of quaternary nitrogens is 1. The van der Waals surface area contributed by atoms with E-state index >= 15 is 0 Å². The Morgan fingerprint density at radius 1 is 0.767 bits per heavy atom. The molecule has 0 spiro atoms. The number of thiophene rings is 1. The van der Waals surface area contributed by atoms with Gasteiger partial charge in [-0.1, -0.05) is 108 Å². The fourth-order valence-electron chi connectivity index (χ4n) is 9.95. The summed E-state index contributed by atoms with van der Waals surface area (Å²) in [6.07, 6.45) is 1.70. The molecule has 2 atom stereocenters. The number of phosphoric acid groups is 1. The molecular formula is C64H62Cl2FN6O11PS. The van der Waals surface area contributed by atoms with Crippen molar-refractivity contribution in [2.45, 2.75) is 46.2 Å². The van der Waals surface area contributed by atoms with Gasteiger partial charge >= 0.3 is 5.97 Å². The van der Waals surface area contributed by atoms with Gasteiger partial charge in [0, 0.05) is 42.7 Å². The van der Waals surface area contributed by atoms with E-state index in [4.69, 9.17) is 75.6 Å². The number of carbonyl (C=O) groups is 1. The number of likely N-dealkylation sites (N-methyl/N-ethyl adjacent to an activating group) is 1. The average Bonchev–Trinajstić information content (AvgIpc) is 1.61. The number of aromatic nitrogens is 4. The maximum Gasteiger partial charge on any atom is 0.348 e. The summed E-state index contributed by atoms with van der Waals surface area (Å²) in [7, 11) is 0.581. The number of piperazine rings is 1. The molecule has 1 saturated heterocycles. The molecule has 1 aliphatic heterocycles. The number of rotatable bonds is 25. The van der Waals surface area contributed by atoms with E-state index < -0.39 is 25.7 Å². The molecule has 1 fully saturated rings. The van der Waals surface area contributed by atoms with Crippen LogP contribution in [0.25, 0.3) is 43.2 Å². The Morgan fingerprint density at radius 3 is 2.17 bits per heavy atom. The van der Waals surface area contributed by atoms with E-state index in [1.807, 2.05) is 99.8 Å². The number of esters is 1. The van der Waals surface area contributed by atoms with Crippen LogP contribution in [0.4, 0.5) is 4.39 Å². The van der Waals surface area contributed by atoms with Gasteiger partial charge in [0.1, 0.15) is 54.0 Å². The quantitative estimate of drug-likeness (QED) is 0.0298. The predicted octanol–water partition coefficient (Wildman–Crippen LogP) is 12.7. The van der Waals surface area contributed by atoms with E-state index in [0.717, 1.165) is 16.7 Å². The molecule has 17 nitrogen and oxygen atoms in total. The molecule has 1 aliphatic rings. The van der Waals surface area contributed by atoms with Crippen molar-refractivity contribution in [3.05, 3.63) is 195 Å². The fraction of sp³-hybridized carbons (Fsp3) is 0.266. The molecule has 3 aromatic heterocycles. The van der Waals surface area contributed by atoms with Crippen LogP contribution in [0.1, 0.15) is 33.5 Å². The van der Waals surface area contributed by atoms with Crippen molar-refractivity contribution < 1.29 is 60.6 Å². The number of fused-ring (bicyclic) bond motifs is 1. The van der Waals surface area contributed by atoms with Crippen molar-refractivity contribution >= 4 is 58.5 Å². The van der Waals surface area contributed by atoms with Crippen molar-refractivity contribution in [2.75, 3.05) is 67.3 Å². The molecule has 86 heavy (non-hydrogen) atoms. The summed E-state index contributed by atoms with van der Waals surface area (Å²) in [5, 5.41) is 0.991. The zero-order valence-electron chi connectivity index (χ0n) is 47.9. The Hall–Kier alpha value is -7.55.